The lowest BCUT2D eigenvalue weighted by atomic mass is 10.3. The fourth-order valence-electron chi connectivity index (χ4n) is 1.63. The van der Waals surface area contributed by atoms with Crippen LogP contribution in [0.4, 0.5) is 11.6 Å². The maximum atomic E-state index is 4.34. The highest BCUT2D eigenvalue weighted by Crippen LogP contribution is 2.21. The molecule has 0 bridgehead atoms. The molecular formula is C11H20N4. The average Bonchev–Trinajstić information content (AvgIpc) is 2.25. The van der Waals surface area contributed by atoms with Crippen molar-refractivity contribution in [2.75, 3.05) is 29.9 Å². The lowest BCUT2D eigenvalue weighted by Gasteiger charge is -2.22. The third kappa shape index (κ3) is 2.58. The number of aromatic nitrogens is 2. The van der Waals surface area contributed by atoms with Crippen LogP contribution in [0.1, 0.15) is 26.3 Å². The van der Waals surface area contributed by atoms with Crippen LogP contribution in [0.5, 0.6) is 0 Å². The summed E-state index contributed by atoms with van der Waals surface area (Å²) in [5.74, 6) is 1.97. The third-order valence-corrected chi connectivity index (χ3v) is 2.46. The molecule has 0 aliphatic heterocycles. The Morgan fingerprint density at radius 1 is 1.20 bits per heavy atom. The Hall–Kier alpha value is -1.32. The summed E-state index contributed by atoms with van der Waals surface area (Å²) < 4.78 is 0. The molecule has 1 aromatic rings. The lowest BCUT2D eigenvalue weighted by Crippen LogP contribution is -2.24. The quantitative estimate of drug-likeness (QED) is 0.804. The van der Waals surface area contributed by atoms with Gasteiger partial charge < -0.3 is 10.2 Å². The van der Waals surface area contributed by atoms with Crippen LogP contribution >= 0.6 is 0 Å². The monoisotopic (exact) mass is 208 g/mol. The zero-order valence-electron chi connectivity index (χ0n) is 10.0. The highest BCUT2D eigenvalue weighted by atomic mass is 15.2. The van der Waals surface area contributed by atoms with Crippen molar-refractivity contribution in [1.82, 2.24) is 9.97 Å². The first-order valence-corrected chi connectivity index (χ1v) is 5.54. The van der Waals surface area contributed by atoms with E-state index in [2.05, 4.69) is 47.9 Å². The van der Waals surface area contributed by atoms with Crippen molar-refractivity contribution in [3.8, 4) is 0 Å². The predicted octanol–water partition coefficient (Wildman–Crippen LogP) is 2.06. The first-order chi connectivity index (χ1) is 7.24. The van der Waals surface area contributed by atoms with Crippen molar-refractivity contribution in [2.45, 2.75) is 27.7 Å². The van der Waals surface area contributed by atoms with Crippen molar-refractivity contribution >= 4 is 11.6 Å². The lowest BCUT2D eigenvalue weighted by molar-refractivity contribution is 0.835. The molecule has 1 rings (SSSR count). The Kier molecular flexibility index (Phi) is 4.34. The summed E-state index contributed by atoms with van der Waals surface area (Å²) in [7, 11) is 0. The van der Waals surface area contributed by atoms with Gasteiger partial charge in [0.15, 0.2) is 0 Å². The van der Waals surface area contributed by atoms with Gasteiger partial charge in [0.05, 0.1) is 0 Å². The van der Waals surface area contributed by atoms with E-state index in [9.17, 15) is 0 Å². The minimum Gasteiger partial charge on any atom is -0.370 e. The van der Waals surface area contributed by atoms with Gasteiger partial charge in [-0.3, -0.25) is 0 Å². The molecule has 1 aromatic heterocycles. The molecule has 0 atom stereocenters. The van der Waals surface area contributed by atoms with Crippen molar-refractivity contribution in [3.05, 3.63) is 11.9 Å². The molecule has 4 heteroatoms. The Morgan fingerprint density at radius 3 is 2.40 bits per heavy atom. The van der Waals surface area contributed by atoms with E-state index in [1.165, 1.54) is 0 Å². The van der Waals surface area contributed by atoms with Crippen LogP contribution in [0.25, 0.3) is 0 Å². The summed E-state index contributed by atoms with van der Waals surface area (Å²) in [6.45, 7) is 11.2. The number of nitrogens with one attached hydrogen (secondary N) is 1. The minimum absolute atomic E-state index is 0.884. The summed E-state index contributed by atoms with van der Waals surface area (Å²) in [4.78, 5) is 10.8. The molecule has 0 aromatic carbocycles. The molecule has 4 nitrogen and oxygen atoms in total. The van der Waals surface area contributed by atoms with Gasteiger partial charge in [-0.15, -0.1) is 0 Å². The van der Waals surface area contributed by atoms with E-state index in [1.54, 1.807) is 6.33 Å². The first-order valence-electron chi connectivity index (χ1n) is 5.54. The van der Waals surface area contributed by atoms with Crippen LogP contribution in [0.2, 0.25) is 0 Å². The van der Waals surface area contributed by atoms with E-state index in [1.807, 2.05) is 0 Å². The van der Waals surface area contributed by atoms with Gasteiger partial charge in [0.2, 0.25) is 0 Å². The van der Waals surface area contributed by atoms with Crippen LogP contribution in [0, 0.1) is 6.92 Å². The van der Waals surface area contributed by atoms with Crippen molar-refractivity contribution in [2.24, 2.45) is 0 Å². The molecule has 84 valence electrons. The summed E-state index contributed by atoms with van der Waals surface area (Å²) in [5.41, 5.74) is 1.13. The molecule has 0 spiro atoms. The normalized spacial score (nSPS) is 10.1. The van der Waals surface area contributed by atoms with Gasteiger partial charge in [-0.2, -0.15) is 0 Å². The van der Waals surface area contributed by atoms with Crippen LogP contribution in [-0.2, 0) is 0 Å². The maximum Gasteiger partial charge on any atom is 0.137 e. The Morgan fingerprint density at radius 2 is 1.87 bits per heavy atom. The van der Waals surface area contributed by atoms with Crippen LogP contribution in [0.15, 0.2) is 6.33 Å². The molecule has 15 heavy (non-hydrogen) atoms. The molecule has 0 saturated heterocycles. The zero-order chi connectivity index (χ0) is 11.3. The van der Waals surface area contributed by atoms with E-state index >= 15 is 0 Å². The Balaban J connectivity index is 3.02. The van der Waals surface area contributed by atoms with E-state index in [0.717, 1.165) is 36.8 Å². The van der Waals surface area contributed by atoms with E-state index < -0.39 is 0 Å². The average molecular weight is 208 g/mol. The van der Waals surface area contributed by atoms with Gasteiger partial charge in [0.1, 0.15) is 18.0 Å². The SMILES string of the molecule is CCNc1ncnc(N(CC)CC)c1C. The topological polar surface area (TPSA) is 41.1 Å². The second-order valence-corrected chi connectivity index (χ2v) is 3.37. The number of anilines is 2. The van der Waals surface area contributed by atoms with E-state index in [-0.39, 0.29) is 0 Å². The molecule has 1 N–H and O–H groups in total. The molecule has 0 unspecified atom stereocenters. The fraction of sp³-hybridized carbons (Fsp3) is 0.636. The second kappa shape index (κ2) is 5.53. The van der Waals surface area contributed by atoms with Gasteiger partial charge >= 0.3 is 0 Å². The van der Waals surface area contributed by atoms with Crippen molar-refractivity contribution in [3.63, 3.8) is 0 Å². The summed E-state index contributed by atoms with van der Waals surface area (Å²) in [6, 6.07) is 0. The van der Waals surface area contributed by atoms with Crippen molar-refractivity contribution < 1.29 is 0 Å². The second-order valence-electron chi connectivity index (χ2n) is 3.37. The highest BCUT2D eigenvalue weighted by Gasteiger charge is 2.10. The Labute approximate surface area is 91.7 Å². The van der Waals surface area contributed by atoms with Gasteiger partial charge in [0.25, 0.3) is 0 Å². The maximum absolute atomic E-state index is 4.34. The van der Waals surface area contributed by atoms with Crippen LogP contribution in [0.3, 0.4) is 0 Å². The van der Waals surface area contributed by atoms with E-state index in [4.69, 9.17) is 0 Å². The molecule has 0 radical (unpaired) electrons. The molecule has 0 amide bonds. The van der Waals surface area contributed by atoms with Crippen LogP contribution < -0.4 is 10.2 Å². The Bertz CT molecular complexity index is 307. The van der Waals surface area contributed by atoms with Gasteiger partial charge in [-0.1, -0.05) is 0 Å². The summed E-state index contributed by atoms with van der Waals surface area (Å²) in [5, 5.41) is 3.24. The zero-order valence-corrected chi connectivity index (χ0v) is 10.0. The smallest absolute Gasteiger partial charge is 0.137 e. The summed E-state index contributed by atoms with van der Waals surface area (Å²) >= 11 is 0. The summed E-state index contributed by atoms with van der Waals surface area (Å²) in [6.07, 6.45) is 1.62. The standard InChI is InChI=1S/C11H20N4/c1-5-12-10-9(4)11(14-8-13-10)15(6-2)7-3/h8H,5-7H2,1-4H3,(H,12,13,14). The fourth-order valence-corrected chi connectivity index (χ4v) is 1.63. The molecule has 0 aliphatic rings. The largest absolute Gasteiger partial charge is 0.370 e. The van der Waals surface area contributed by atoms with Gasteiger partial charge in [-0.25, -0.2) is 9.97 Å². The van der Waals surface area contributed by atoms with E-state index in [0.29, 0.717) is 0 Å². The number of rotatable bonds is 5. The predicted molar refractivity (Wildman–Crippen MR) is 64.5 cm³/mol. The first kappa shape index (κ1) is 11.8. The number of hydrogen-bond donors (Lipinski definition) is 1. The molecular weight excluding hydrogens is 188 g/mol. The third-order valence-electron chi connectivity index (χ3n) is 2.46. The van der Waals surface area contributed by atoms with Gasteiger partial charge in [0, 0.05) is 25.2 Å². The van der Waals surface area contributed by atoms with Crippen molar-refractivity contribution in [1.29, 1.82) is 0 Å². The molecule has 0 fully saturated rings. The molecule has 0 saturated carbocycles. The minimum atomic E-state index is 0.884. The number of nitrogens with zero attached hydrogens (tertiary/aromatic N) is 3. The van der Waals surface area contributed by atoms with Crippen LogP contribution in [-0.4, -0.2) is 29.6 Å². The van der Waals surface area contributed by atoms with Gasteiger partial charge in [-0.05, 0) is 27.7 Å². The molecule has 1 heterocycles. The molecule has 0 aliphatic carbocycles. The highest BCUT2D eigenvalue weighted by molar-refractivity contribution is 5.57. The number of hydrogen-bond acceptors (Lipinski definition) is 4.